The first kappa shape index (κ1) is 13.3. The Labute approximate surface area is 114 Å². The highest BCUT2D eigenvalue weighted by molar-refractivity contribution is 5.91. The Balaban J connectivity index is 1.78. The predicted molar refractivity (Wildman–Crippen MR) is 79.2 cm³/mol. The highest BCUT2D eigenvalue weighted by Gasteiger charge is 2.04. The van der Waals surface area contributed by atoms with Crippen LogP contribution < -0.4 is 5.32 Å². The number of carbonyl (C=O) groups is 1. The van der Waals surface area contributed by atoms with Crippen molar-refractivity contribution < 1.29 is 4.79 Å². The minimum Gasteiger partial charge on any atom is -0.326 e. The molecule has 0 aliphatic rings. The quantitative estimate of drug-likeness (QED) is 0.858. The van der Waals surface area contributed by atoms with Crippen molar-refractivity contribution >= 4 is 11.6 Å². The summed E-state index contributed by atoms with van der Waals surface area (Å²) in [6.07, 6.45) is 2.38. The molecule has 0 saturated carbocycles. The summed E-state index contributed by atoms with van der Waals surface area (Å²) in [7, 11) is 0. The second-order valence-electron chi connectivity index (χ2n) is 4.70. The average Bonchev–Trinajstić information content (AvgIpc) is 2.43. The molecule has 2 nitrogen and oxygen atoms in total. The molecule has 0 aromatic heterocycles. The zero-order valence-electron chi connectivity index (χ0n) is 11.2. The minimum absolute atomic E-state index is 0.0882. The van der Waals surface area contributed by atoms with E-state index in [1.165, 1.54) is 5.56 Å². The van der Waals surface area contributed by atoms with Crippen LogP contribution in [0.15, 0.2) is 54.6 Å². The number of hydrogen-bond donors (Lipinski definition) is 1. The molecule has 2 aromatic rings. The highest BCUT2D eigenvalue weighted by Crippen LogP contribution is 2.14. The van der Waals surface area contributed by atoms with Crippen LogP contribution in [-0.4, -0.2) is 5.91 Å². The third-order valence-electron chi connectivity index (χ3n) is 3.13. The number of para-hydroxylation sites is 1. The second kappa shape index (κ2) is 6.74. The zero-order chi connectivity index (χ0) is 13.5. The summed E-state index contributed by atoms with van der Waals surface area (Å²) in [6, 6.07) is 18.1. The molecule has 98 valence electrons. The lowest BCUT2D eigenvalue weighted by atomic mass is 10.1. The molecule has 0 unspecified atom stereocenters. The standard InChI is InChI=1S/C17H19NO/c1-14-8-5-6-12-16(14)18-17(19)13-7-11-15-9-3-2-4-10-15/h2-6,8-10,12H,7,11,13H2,1H3,(H,18,19). The number of anilines is 1. The lowest BCUT2D eigenvalue weighted by Crippen LogP contribution is -2.12. The van der Waals surface area contributed by atoms with E-state index < -0.39 is 0 Å². The van der Waals surface area contributed by atoms with Crippen LogP contribution in [0.25, 0.3) is 0 Å². The monoisotopic (exact) mass is 253 g/mol. The molecule has 2 heteroatoms. The molecule has 1 N–H and O–H groups in total. The maximum absolute atomic E-state index is 11.8. The fourth-order valence-corrected chi connectivity index (χ4v) is 2.02. The maximum Gasteiger partial charge on any atom is 0.224 e. The van der Waals surface area contributed by atoms with E-state index in [2.05, 4.69) is 17.4 Å². The smallest absolute Gasteiger partial charge is 0.224 e. The molecule has 0 fully saturated rings. The van der Waals surface area contributed by atoms with Gasteiger partial charge in [0.05, 0.1) is 0 Å². The van der Waals surface area contributed by atoms with Gasteiger partial charge in [0.1, 0.15) is 0 Å². The van der Waals surface area contributed by atoms with Crippen molar-refractivity contribution in [3.05, 3.63) is 65.7 Å². The van der Waals surface area contributed by atoms with Gasteiger partial charge < -0.3 is 5.32 Å². The summed E-state index contributed by atoms with van der Waals surface area (Å²) in [6.45, 7) is 2.00. The number of amides is 1. The number of rotatable bonds is 5. The van der Waals surface area contributed by atoms with Gasteiger partial charge in [0, 0.05) is 12.1 Å². The van der Waals surface area contributed by atoms with Crippen molar-refractivity contribution in [1.29, 1.82) is 0 Å². The van der Waals surface area contributed by atoms with Gasteiger partial charge in [-0.3, -0.25) is 4.79 Å². The lowest BCUT2D eigenvalue weighted by Gasteiger charge is -2.07. The Morgan fingerprint density at radius 3 is 2.42 bits per heavy atom. The molecule has 0 heterocycles. The molecule has 0 atom stereocenters. The molecule has 19 heavy (non-hydrogen) atoms. The van der Waals surface area contributed by atoms with Crippen LogP contribution in [0.4, 0.5) is 5.69 Å². The summed E-state index contributed by atoms with van der Waals surface area (Å²) >= 11 is 0. The molecule has 0 aliphatic carbocycles. The number of hydrogen-bond acceptors (Lipinski definition) is 1. The summed E-state index contributed by atoms with van der Waals surface area (Å²) in [5.74, 6) is 0.0882. The van der Waals surface area contributed by atoms with Crippen molar-refractivity contribution in [2.45, 2.75) is 26.2 Å². The van der Waals surface area contributed by atoms with Gasteiger partial charge in [-0.1, -0.05) is 48.5 Å². The van der Waals surface area contributed by atoms with Crippen LogP contribution in [0.1, 0.15) is 24.0 Å². The first-order valence-electron chi connectivity index (χ1n) is 6.65. The van der Waals surface area contributed by atoms with Gasteiger partial charge in [0.25, 0.3) is 0 Å². The normalized spacial score (nSPS) is 10.2. The number of aryl methyl sites for hydroxylation is 2. The van der Waals surface area contributed by atoms with Gasteiger partial charge in [-0.2, -0.15) is 0 Å². The molecular formula is C17H19NO. The summed E-state index contributed by atoms with van der Waals surface area (Å²) in [4.78, 5) is 11.8. The van der Waals surface area contributed by atoms with Crippen LogP contribution in [0, 0.1) is 6.92 Å². The topological polar surface area (TPSA) is 29.1 Å². The van der Waals surface area contributed by atoms with E-state index in [4.69, 9.17) is 0 Å². The summed E-state index contributed by atoms with van der Waals surface area (Å²) in [5, 5.41) is 2.96. The van der Waals surface area contributed by atoms with Crippen molar-refractivity contribution in [2.24, 2.45) is 0 Å². The van der Waals surface area contributed by atoms with E-state index in [-0.39, 0.29) is 5.91 Å². The highest BCUT2D eigenvalue weighted by atomic mass is 16.1. The molecular weight excluding hydrogens is 234 g/mol. The average molecular weight is 253 g/mol. The number of carbonyl (C=O) groups excluding carboxylic acids is 1. The molecule has 0 saturated heterocycles. The molecule has 0 radical (unpaired) electrons. The van der Waals surface area contributed by atoms with E-state index in [1.807, 2.05) is 49.4 Å². The number of benzene rings is 2. The third kappa shape index (κ3) is 4.25. The number of nitrogens with one attached hydrogen (secondary N) is 1. The van der Waals surface area contributed by atoms with Crippen molar-refractivity contribution in [1.82, 2.24) is 0 Å². The van der Waals surface area contributed by atoms with Gasteiger partial charge in [0.15, 0.2) is 0 Å². The second-order valence-corrected chi connectivity index (χ2v) is 4.70. The Hall–Kier alpha value is -2.09. The molecule has 2 rings (SSSR count). The molecule has 2 aromatic carbocycles. The van der Waals surface area contributed by atoms with E-state index >= 15 is 0 Å². The molecule has 0 aliphatic heterocycles. The van der Waals surface area contributed by atoms with Crippen LogP contribution in [0.5, 0.6) is 0 Å². The maximum atomic E-state index is 11.8. The van der Waals surface area contributed by atoms with Gasteiger partial charge in [0.2, 0.25) is 5.91 Å². The fraction of sp³-hybridized carbons (Fsp3) is 0.235. The minimum atomic E-state index is 0.0882. The van der Waals surface area contributed by atoms with E-state index in [0.29, 0.717) is 6.42 Å². The van der Waals surface area contributed by atoms with Crippen molar-refractivity contribution in [3.8, 4) is 0 Å². The van der Waals surface area contributed by atoms with Crippen LogP contribution in [-0.2, 0) is 11.2 Å². The van der Waals surface area contributed by atoms with Crippen molar-refractivity contribution in [3.63, 3.8) is 0 Å². The molecule has 0 spiro atoms. The zero-order valence-corrected chi connectivity index (χ0v) is 11.2. The SMILES string of the molecule is Cc1ccccc1NC(=O)CCCc1ccccc1. The van der Waals surface area contributed by atoms with E-state index in [9.17, 15) is 4.79 Å². The molecule has 1 amide bonds. The predicted octanol–water partition coefficient (Wildman–Crippen LogP) is 3.96. The third-order valence-corrected chi connectivity index (χ3v) is 3.13. The Morgan fingerprint density at radius 1 is 1.00 bits per heavy atom. The van der Waals surface area contributed by atoms with Crippen molar-refractivity contribution in [2.75, 3.05) is 5.32 Å². The molecule has 0 bridgehead atoms. The first-order valence-corrected chi connectivity index (χ1v) is 6.65. The first-order chi connectivity index (χ1) is 9.25. The van der Waals surface area contributed by atoms with Crippen LogP contribution >= 0.6 is 0 Å². The van der Waals surface area contributed by atoms with Gasteiger partial charge >= 0.3 is 0 Å². The lowest BCUT2D eigenvalue weighted by molar-refractivity contribution is -0.116. The fourth-order valence-electron chi connectivity index (χ4n) is 2.02. The van der Waals surface area contributed by atoms with Gasteiger partial charge in [-0.25, -0.2) is 0 Å². The Morgan fingerprint density at radius 2 is 1.68 bits per heavy atom. The van der Waals surface area contributed by atoms with Crippen LogP contribution in [0.2, 0.25) is 0 Å². The van der Waals surface area contributed by atoms with Crippen LogP contribution in [0.3, 0.4) is 0 Å². The Bertz CT molecular complexity index is 534. The summed E-state index contributed by atoms with van der Waals surface area (Å²) in [5.41, 5.74) is 3.29. The Kier molecular flexibility index (Phi) is 4.73. The summed E-state index contributed by atoms with van der Waals surface area (Å²) < 4.78 is 0. The van der Waals surface area contributed by atoms with E-state index in [0.717, 1.165) is 24.1 Å². The van der Waals surface area contributed by atoms with Gasteiger partial charge in [-0.05, 0) is 37.0 Å². The van der Waals surface area contributed by atoms with E-state index in [1.54, 1.807) is 0 Å². The van der Waals surface area contributed by atoms with Gasteiger partial charge in [-0.15, -0.1) is 0 Å². The largest absolute Gasteiger partial charge is 0.326 e.